The van der Waals surface area contributed by atoms with Gasteiger partial charge in [0.25, 0.3) is 0 Å². The van der Waals surface area contributed by atoms with Crippen molar-refractivity contribution in [3.63, 3.8) is 0 Å². The molecular formula is C64H42N2. The van der Waals surface area contributed by atoms with E-state index in [1.54, 1.807) is 0 Å². The van der Waals surface area contributed by atoms with Gasteiger partial charge in [-0.25, -0.2) is 0 Å². The molecule has 0 amide bonds. The summed E-state index contributed by atoms with van der Waals surface area (Å²) in [5.74, 6) is 0. The number of nitrogens with zero attached hydrogens (tertiary/aromatic N) is 2. The lowest BCUT2D eigenvalue weighted by atomic mass is 9.91. The maximum absolute atomic E-state index is 2.44. The first-order valence-electron chi connectivity index (χ1n) is 22.7. The minimum Gasteiger partial charge on any atom is -0.310 e. The molecule has 308 valence electrons. The molecule has 0 fully saturated rings. The third-order valence-corrected chi connectivity index (χ3v) is 13.5. The van der Waals surface area contributed by atoms with Gasteiger partial charge in [0.05, 0.1) is 11.0 Å². The van der Waals surface area contributed by atoms with E-state index >= 15 is 0 Å². The van der Waals surface area contributed by atoms with Crippen molar-refractivity contribution in [1.29, 1.82) is 0 Å². The Kier molecular flexibility index (Phi) is 8.89. The van der Waals surface area contributed by atoms with Crippen LogP contribution in [0.25, 0.3) is 104 Å². The fourth-order valence-corrected chi connectivity index (χ4v) is 10.4. The van der Waals surface area contributed by atoms with Gasteiger partial charge >= 0.3 is 0 Å². The van der Waals surface area contributed by atoms with E-state index in [0.717, 1.165) is 22.7 Å². The number of rotatable bonds is 7. The summed E-state index contributed by atoms with van der Waals surface area (Å²) in [6, 6.07) is 93.3. The maximum Gasteiger partial charge on any atom is 0.0619 e. The summed E-state index contributed by atoms with van der Waals surface area (Å²) in [6.07, 6.45) is 0. The van der Waals surface area contributed by atoms with Crippen LogP contribution in [0.5, 0.6) is 0 Å². The van der Waals surface area contributed by atoms with Crippen molar-refractivity contribution in [3.8, 4) is 39.1 Å². The highest BCUT2D eigenvalue weighted by Crippen LogP contribution is 2.43. The van der Waals surface area contributed by atoms with Gasteiger partial charge in [0.15, 0.2) is 0 Å². The average molecular weight is 839 g/mol. The number of anilines is 3. The Morgan fingerprint density at radius 3 is 1.48 bits per heavy atom. The van der Waals surface area contributed by atoms with Crippen LogP contribution in [0.4, 0.5) is 17.1 Å². The molecule has 0 aliphatic carbocycles. The summed E-state index contributed by atoms with van der Waals surface area (Å²) >= 11 is 0. The zero-order valence-corrected chi connectivity index (χ0v) is 36.1. The molecule has 0 saturated carbocycles. The third-order valence-electron chi connectivity index (χ3n) is 13.5. The van der Waals surface area contributed by atoms with Crippen LogP contribution in [0.2, 0.25) is 0 Å². The SMILES string of the molecule is c1ccc(-c2cccc3cccc(-c4ccc(N(c5ccc(-c6ccc7c8ccc9ccccc9c8n(-c8ccccc8)c7c6)cc5)c5ccc6ccc7ccccc7c6c5)cc4)c23)cc1. The van der Waals surface area contributed by atoms with Gasteiger partial charge in [-0.3, -0.25) is 0 Å². The van der Waals surface area contributed by atoms with E-state index in [2.05, 4.69) is 264 Å². The lowest BCUT2D eigenvalue weighted by Crippen LogP contribution is -2.10. The molecule has 2 heteroatoms. The molecule has 0 bridgehead atoms. The van der Waals surface area contributed by atoms with Crippen LogP contribution >= 0.6 is 0 Å². The number of hydrogen-bond acceptors (Lipinski definition) is 1. The van der Waals surface area contributed by atoms with Crippen LogP contribution in [0, 0.1) is 0 Å². The molecule has 66 heavy (non-hydrogen) atoms. The van der Waals surface area contributed by atoms with Crippen molar-refractivity contribution in [1.82, 2.24) is 4.57 Å². The van der Waals surface area contributed by atoms with Gasteiger partial charge < -0.3 is 9.47 Å². The van der Waals surface area contributed by atoms with Crippen molar-refractivity contribution >= 4 is 82.0 Å². The van der Waals surface area contributed by atoms with Gasteiger partial charge in [0.1, 0.15) is 0 Å². The highest BCUT2D eigenvalue weighted by atomic mass is 15.1. The Morgan fingerprint density at radius 1 is 0.273 bits per heavy atom. The molecule has 2 nitrogen and oxygen atoms in total. The molecule has 0 saturated heterocycles. The average Bonchev–Trinajstić information content (AvgIpc) is 3.73. The zero-order chi connectivity index (χ0) is 43.6. The molecular weight excluding hydrogens is 797 g/mol. The van der Waals surface area contributed by atoms with E-state index in [1.165, 1.54) is 98.3 Å². The predicted octanol–water partition coefficient (Wildman–Crippen LogP) is 17.9. The monoisotopic (exact) mass is 838 g/mol. The van der Waals surface area contributed by atoms with E-state index in [9.17, 15) is 0 Å². The first kappa shape index (κ1) is 37.8. The summed E-state index contributed by atoms with van der Waals surface area (Å²) < 4.78 is 2.44. The Hall–Kier alpha value is -8.72. The Balaban J connectivity index is 0.943. The zero-order valence-electron chi connectivity index (χ0n) is 36.1. The first-order chi connectivity index (χ1) is 32.7. The van der Waals surface area contributed by atoms with Crippen LogP contribution in [0.15, 0.2) is 255 Å². The Bertz CT molecular complexity index is 3950. The second-order valence-corrected chi connectivity index (χ2v) is 17.3. The van der Waals surface area contributed by atoms with Crippen molar-refractivity contribution < 1.29 is 0 Å². The second-order valence-electron chi connectivity index (χ2n) is 17.3. The highest BCUT2D eigenvalue weighted by molar-refractivity contribution is 6.19. The standard InChI is InChI=1S/C64H42N2/c1-3-13-44(14-4-1)56-23-11-17-49-18-12-24-57(63(49)56)47-29-36-53(37-30-47)65(54-38-31-48-26-25-45-15-7-9-21-55(45)61(48)42-54)52-34-27-43(28-35-52)50-33-39-59-60-40-32-46-16-8-10-22-58(46)64(60)66(62(59)41-50)51-19-5-2-6-20-51/h1-42H. The number of hydrogen-bond donors (Lipinski definition) is 0. The summed E-state index contributed by atoms with van der Waals surface area (Å²) in [5.41, 5.74) is 14.1. The molecule has 0 radical (unpaired) electrons. The summed E-state index contributed by atoms with van der Waals surface area (Å²) in [4.78, 5) is 2.40. The second kappa shape index (κ2) is 15.5. The van der Waals surface area contributed by atoms with Gasteiger partial charge in [0, 0.05) is 38.9 Å². The lowest BCUT2D eigenvalue weighted by Gasteiger charge is -2.26. The largest absolute Gasteiger partial charge is 0.310 e. The predicted molar refractivity (Wildman–Crippen MR) is 282 cm³/mol. The van der Waals surface area contributed by atoms with E-state index in [0.29, 0.717) is 0 Å². The van der Waals surface area contributed by atoms with E-state index in [-0.39, 0.29) is 0 Å². The minimum atomic E-state index is 1.09. The van der Waals surface area contributed by atoms with Crippen LogP contribution in [0.3, 0.4) is 0 Å². The van der Waals surface area contributed by atoms with Crippen LogP contribution in [0.1, 0.15) is 0 Å². The molecule has 0 spiro atoms. The lowest BCUT2D eigenvalue weighted by molar-refractivity contribution is 1.19. The topological polar surface area (TPSA) is 8.17 Å². The molecule has 1 heterocycles. The highest BCUT2D eigenvalue weighted by Gasteiger charge is 2.19. The van der Waals surface area contributed by atoms with Gasteiger partial charge in [-0.05, 0) is 126 Å². The maximum atomic E-state index is 2.44. The Morgan fingerprint density at radius 2 is 0.773 bits per heavy atom. The Labute approximate surface area is 383 Å². The first-order valence-corrected chi connectivity index (χ1v) is 22.7. The number of fused-ring (bicyclic) bond motifs is 9. The smallest absolute Gasteiger partial charge is 0.0619 e. The number of benzene rings is 12. The molecule has 0 aliphatic heterocycles. The van der Waals surface area contributed by atoms with Crippen LogP contribution in [-0.2, 0) is 0 Å². The molecule has 0 unspecified atom stereocenters. The number of aromatic nitrogens is 1. The molecule has 0 N–H and O–H groups in total. The van der Waals surface area contributed by atoms with Gasteiger partial charge in [-0.1, -0.05) is 200 Å². The van der Waals surface area contributed by atoms with Crippen LogP contribution in [-0.4, -0.2) is 4.57 Å². The van der Waals surface area contributed by atoms with Crippen molar-refractivity contribution in [2.45, 2.75) is 0 Å². The third kappa shape index (κ3) is 6.26. The van der Waals surface area contributed by atoms with E-state index < -0.39 is 0 Å². The number of para-hydroxylation sites is 1. The summed E-state index contributed by atoms with van der Waals surface area (Å²) in [7, 11) is 0. The molecule has 12 aromatic carbocycles. The summed E-state index contributed by atoms with van der Waals surface area (Å²) in [5, 5.41) is 12.5. The quantitative estimate of drug-likeness (QED) is 0.145. The van der Waals surface area contributed by atoms with E-state index in [1.807, 2.05) is 0 Å². The fraction of sp³-hybridized carbons (Fsp3) is 0. The van der Waals surface area contributed by atoms with Gasteiger partial charge in [0.2, 0.25) is 0 Å². The molecule has 13 rings (SSSR count). The van der Waals surface area contributed by atoms with Crippen LogP contribution < -0.4 is 4.90 Å². The van der Waals surface area contributed by atoms with Crippen molar-refractivity contribution in [3.05, 3.63) is 255 Å². The fourth-order valence-electron chi connectivity index (χ4n) is 10.4. The van der Waals surface area contributed by atoms with Crippen molar-refractivity contribution in [2.24, 2.45) is 0 Å². The van der Waals surface area contributed by atoms with Gasteiger partial charge in [-0.15, -0.1) is 0 Å². The molecule has 13 aromatic rings. The minimum absolute atomic E-state index is 1.09. The molecule has 0 atom stereocenters. The summed E-state index contributed by atoms with van der Waals surface area (Å²) in [6.45, 7) is 0. The van der Waals surface area contributed by atoms with Gasteiger partial charge in [-0.2, -0.15) is 0 Å². The van der Waals surface area contributed by atoms with E-state index in [4.69, 9.17) is 0 Å². The molecule has 0 aliphatic rings. The normalized spacial score (nSPS) is 11.6. The van der Waals surface area contributed by atoms with Crippen molar-refractivity contribution in [2.75, 3.05) is 4.90 Å². The molecule has 1 aromatic heterocycles.